The smallest absolute Gasteiger partial charge is 0.311 e. The zero-order valence-corrected chi connectivity index (χ0v) is 14.1. The number of ether oxygens (including phenoxy) is 1. The maximum Gasteiger partial charge on any atom is 0.311 e. The number of carbonyl (C=O) groups is 1. The number of aromatic nitrogens is 4. The van der Waals surface area contributed by atoms with Crippen LogP contribution >= 0.6 is 0 Å². The molecule has 0 amide bonds. The fraction of sp³-hybridized carbons (Fsp3) is 0.118. The van der Waals surface area contributed by atoms with E-state index in [1.54, 1.807) is 18.2 Å². The molecule has 0 saturated carbocycles. The summed E-state index contributed by atoms with van der Waals surface area (Å²) in [5.74, 6) is -1.94. The first-order chi connectivity index (χ1) is 12.9. The molecule has 0 bridgehead atoms. The van der Waals surface area contributed by atoms with E-state index >= 15 is 0 Å². The number of halogens is 2. The van der Waals surface area contributed by atoms with Gasteiger partial charge >= 0.3 is 5.97 Å². The van der Waals surface area contributed by atoms with Gasteiger partial charge in [-0.1, -0.05) is 6.07 Å². The number of nitrogens with one attached hydrogen (secondary N) is 1. The SMILES string of the molecule is COC(=O)Cc1cccc(-c2nc(N)nc(Nc3cc(F)cc(F)c3)n2)n1. The van der Waals surface area contributed by atoms with E-state index in [0.717, 1.165) is 18.2 Å². The van der Waals surface area contributed by atoms with Crippen LogP contribution in [0.3, 0.4) is 0 Å². The average Bonchev–Trinajstić information content (AvgIpc) is 2.60. The van der Waals surface area contributed by atoms with Gasteiger partial charge in [0.1, 0.15) is 17.3 Å². The summed E-state index contributed by atoms with van der Waals surface area (Å²) in [5.41, 5.74) is 6.61. The van der Waals surface area contributed by atoms with Crippen molar-refractivity contribution in [3.05, 3.63) is 53.7 Å². The van der Waals surface area contributed by atoms with Crippen molar-refractivity contribution in [1.29, 1.82) is 0 Å². The molecule has 0 unspecified atom stereocenters. The lowest BCUT2D eigenvalue weighted by Gasteiger charge is -2.08. The van der Waals surface area contributed by atoms with Crippen molar-refractivity contribution in [3.8, 4) is 11.5 Å². The Morgan fingerprint density at radius 2 is 1.85 bits per heavy atom. The molecule has 0 saturated heterocycles. The Kier molecular flexibility index (Phi) is 5.15. The molecule has 3 aromatic rings. The fourth-order valence-electron chi connectivity index (χ4n) is 2.24. The van der Waals surface area contributed by atoms with Crippen molar-refractivity contribution >= 4 is 23.6 Å². The van der Waals surface area contributed by atoms with Crippen LogP contribution in [0.5, 0.6) is 0 Å². The van der Waals surface area contributed by atoms with E-state index in [-0.39, 0.29) is 29.8 Å². The van der Waals surface area contributed by atoms with Gasteiger partial charge < -0.3 is 15.8 Å². The van der Waals surface area contributed by atoms with Crippen LogP contribution in [0.25, 0.3) is 11.5 Å². The molecule has 3 rings (SSSR count). The highest BCUT2D eigenvalue weighted by Crippen LogP contribution is 2.20. The molecule has 2 aromatic heterocycles. The second-order valence-electron chi connectivity index (χ2n) is 5.39. The van der Waals surface area contributed by atoms with E-state index in [9.17, 15) is 13.6 Å². The van der Waals surface area contributed by atoms with E-state index < -0.39 is 17.6 Å². The van der Waals surface area contributed by atoms with Gasteiger partial charge in [0.05, 0.1) is 19.2 Å². The highest BCUT2D eigenvalue weighted by molar-refractivity contribution is 5.72. The highest BCUT2D eigenvalue weighted by atomic mass is 19.1. The number of pyridine rings is 1. The van der Waals surface area contributed by atoms with Gasteiger partial charge in [-0.05, 0) is 24.3 Å². The molecular weight excluding hydrogens is 358 g/mol. The second kappa shape index (κ2) is 7.68. The van der Waals surface area contributed by atoms with Gasteiger partial charge in [-0.25, -0.2) is 13.8 Å². The predicted octanol–water partition coefficient (Wildman–Crippen LogP) is 2.25. The molecule has 0 aliphatic heterocycles. The highest BCUT2D eigenvalue weighted by Gasteiger charge is 2.11. The number of anilines is 3. The van der Waals surface area contributed by atoms with Crippen LogP contribution in [0.4, 0.5) is 26.4 Å². The molecule has 138 valence electrons. The normalized spacial score (nSPS) is 10.5. The number of carbonyl (C=O) groups excluding carboxylic acids is 1. The van der Waals surface area contributed by atoms with Gasteiger partial charge in [0.15, 0.2) is 5.82 Å². The van der Waals surface area contributed by atoms with Crippen molar-refractivity contribution in [1.82, 2.24) is 19.9 Å². The van der Waals surface area contributed by atoms with Crippen molar-refractivity contribution in [2.45, 2.75) is 6.42 Å². The first-order valence-electron chi connectivity index (χ1n) is 7.71. The minimum atomic E-state index is -0.753. The Bertz CT molecular complexity index is 979. The van der Waals surface area contributed by atoms with Gasteiger partial charge in [-0.2, -0.15) is 15.0 Å². The van der Waals surface area contributed by atoms with Gasteiger partial charge in [0.25, 0.3) is 0 Å². The van der Waals surface area contributed by atoms with E-state index in [4.69, 9.17) is 5.73 Å². The summed E-state index contributed by atoms with van der Waals surface area (Å²) in [6.45, 7) is 0. The molecule has 0 fully saturated rings. The number of nitrogens with two attached hydrogens (primary N) is 1. The van der Waals surface area contributed by atoms with Crippen molar-refractivity contribution < 1.29 is 18.3 Å². The summed E-state index contributed by atoms with van der Waals surface area (Å²) in [6, 6.07) is 7.86. The molecule has 3 N–H and O–H groups in total. The number of hydrogen-bond donors (Lipinski definition) is 2. The first kappa shape index (κ1) is 18.1. The average molecular weight is 372 g/mol. The summed E-state index contributed by atoms with van der Waals surface area (Å²) >= 11 is 0. The lowest BCUT2D eigenvalue weighted by Crippen LogP contribution is -2.08. The Balaban J connectivity index is 1.91. The van der Waals surface area contributed by atoms with Crippen molar-refractivity contribution in [2.75, 3.05) is 18.2 Å². The maximum atomic E-state index is 13.3. The van der Waals surface area contributed by atoms with Crippen LogP contribution in [0.2, 0.25) is 0 Å². The predicted molar refractivity (Wildman–Crippen MR) is 92.8 cm³/mol. The third-order valence-electron chi connectivity index (χ3n) is 3.36. The quantitative estimate of drug-likeness (QED) is 0.655. The van der Waals surface area contributed by atoms with Crippen LogP contribution < -0.4 is 11.1 Å². The molecular formula is C17H14F2N6O2. The molecule has 0 radical (unpaired) electrons. The molecule has 0 aliphatic carbocycles. The van der Waals surface area contributed by atoms with Gasteiger partial charge in [-0.15, -0.1) is 0 Å². The first-order valence-corrected chi connectivity index (χ1v) is 7.71. The molecule has 10 heteroatoms. The van der Waals surface area contributed by atoms with Crippen LogP contribution in [-0.4, -0.2) is 33.0 Å². The molecule has 0 atom stereocenters. The topological polar surface area (TPSA) is 116 Å². The van der Waals surface area contributed by atoms with Gasteiger partial charge in [0.2, 0.25) is 11.9 Å². The summed E-state index contributed by atoms with van der Waals surface area (Å²) in [4.78, 5) is 27.8. The fourth-order valence-corrected chi connectivity index (χ4v) is 2.24. The number of methoxy groups -OCH3 is 1. The summed E-state index contributed by atoms with van der Waals surface area (Å²) in [6.07, 6.45) is -0.0153. The molecule has 0 spiro atoms. The lowest BCUT2D eigenvalue weighted by molar-refractivity contribution is -0.139. The lowest BCUT2D eigenvalue weighted by atomic mass is 10.2. The molecule has 1 aromatic carbocycles. The maximum absolute atomic E-state index is 13.3. The van der Waals surface area contributed by atoms with Crippen LogP contribution in [0.1, 0.15) is 5.69 Å². The van der Waals surface area contributed by atoms with E-state index in [1.165, 1.54) is 7.11 Å². The Morgan fingerprint density at radius 1 is 1.11 bits per heavy atom. The zero-order chi connectivity index (χ0) is 19.4. The van der Waals surface area contributed by atoms with Crippen LogP contribution in [0, 0.1) is 11.6 Å². The molecule has 27 heavy (non-hydrogen) atoms. The third kappa shape index (κ3) is 4.69. The zero-order valence-electron chi connectivity index (χ0n) is 14.1. The van der Waals surface area contributed by atoms with Crippen molar-refractivity contribution in [2.24, 2.45) is 0 Å². The number of rotatable bonds is 5. The van der Waals surface area contributed by atoms with E-state index in [2.05, 4.69) is 30.0 Å². The minimum absolute atomic E-state index is 0.0114. The molecule has 8 nitrogen and oxygen atoms in total. The van der Waals surface area contributed by atoms with E-state index in [1.807, 2.05) is 0 Å². The summed E-state index contributed by atoms with van der Waals surface area (Å²) in [5, 5.41) is 2.67. The standard InChI is InChI=1S/C17H14F2N6O2/c1-27-14(26)8-11-3-2-4-13(21-11)15-23-16(20)25-17(24-15)22-12-6-9(18)5-10(19)7-12/h2-7H,8H2,1H3,(H3,20,22,23,24,25). The largest absolute Gasteiger partial charge is 0.469 e. The Hall–Kier alpha value is -3.69. The van der Waals surface area contributed by atoms with Gasteiger partial charge in [-0.3, -0.25) is 4.79 Å². The third-order valence-corrected chi connectivity index (χ3v) is 3.36. The van der Waals surface area contributed by atoms with Gasteiger partial charge in [0, 0.05) is 11.8 Å². The molecule has 0 aliphatic rings. The number of nitrogens with zero attached hydrogens (tertiary/aromatic N) is 4. The number of nitrogen functional groups attached to an aromatic ring is 1. The number of esters is 1. The minimum Gasteiger partial charge on any atom is -0.469 e. The van der Waals surface area contributed by atoms with Crippen LogP contribution in [-0.2, 0) is 16.0 Å². The van der Waals surface area contributed by atoms with Crippen LogP contribution in [0.15, 0.2) is 36.4 Å². The number of hydrogen-bond acceptors (Lipinski definition) is 8. The number of benzene rings is 1. The monoisotopic (exact) mass is 372 g/mol. The summed E-state index contributed by atoms with van der Waals surface area (Å²) in [7, 11) is 1.28. The molecule has 2 heterocycles. The Labute approximate surface area is 152 Å². The second-order valence-corrected chi connectivity index (χ2v) is 5.39. The van der Waals surface area contributed by atoms with Crippen molar-refractivity contribution in [3.63, 3.8) is 0 Å². The van der Waals surface area contributed by atoms with E-state index in [0.29, 0.717) is 11.4 Å². The Morgan fingerprint density at radius 3 is 2.56 bits per heavy atom. The summed E-state index contributed by atoms with van der Waals surface area (Å²) < 4.78 is 31.3.